The van der Waals surface area contributed by atoms with E-state index in [1.165, 1.54) is 23.4 Å². The Hall–Kier alpha value is -0.166. The third kappa shape index (κ3) is 1.54. The van der Waals surface area contributed by atoms with Gasteiger partial charge in [0.1, 0.15) is 8.07 Å². The number of rotatable bonds is 1. The van der Waals surface area contributed by atoms with Crippen LogP contribution in [0.25, 0.3) is 9.75 Å². The molecule has 19 heavy (non-hydrogen) atoms. The highest BCUT2D eigenvalue weighted by Gasteiger charge is 2.52. The molecule has 0 saturated carbocycles. The molecular weight excluding hydrogens is 300 g/mol. The molecule has 1 fully saturated rings. The van der Waals surface area contributed by atoms with Crippen LogP contribution in [0.4, 0.5) is 0 Å². The summed E-state index contributed by atoms with van der Waals surface area (Å²) >= 11 is 4.20. The molecule has 0 aromatic carbocycles. The lowest BCUT2D eigenvalue weighted by atomic mass is 10.4. The van der Waals surface area contributed by atoms with Gasteiger partial charge in [-0.25, -0.2) is 0 Å². The molecule has 0 N–H and O–H groups in total. The fourth-order valence-electron chi connectivity index (χ4n) is 3.54. The standard InChI is InChI=1S/C15H20S2Si2/c1-10-8-11-14(16-10)15-12(19(11)6-5-7-19)9-13(17-15)18(2,3)4/h8-9H,5-7H2,1-4H3. The van der Waals surface area contributed by atoms with Crippen molar-refractivity contribution < 1.29 is 0 Å². The van der Waals surface area contributed by atoms with E-state index < -0.39 is 16.1 Å². The molecule has 1 saturated heterocycles. The molecule has 0 atom stereocenters. The summed E-state index contributed by atoms with van der Waals surface area (Å²) in [5.41, 5.74) is 0. The van der Waals surface area contributed by atoms with E-state index in [0.29, 0.717) is 0 Å². The molecule has 0 amide bonds. The van der Waals surface area contributed by atoms with Crippen LogP contribution in [-0.2, 0) is 0 Å². The molecule has 100 valence electrons. The van der Waals surface area contributed by atoms with Crippen LogP contribution < -0.4 is 14.9 Å². The molecule has 2 aliphatic rings. The Morgan fingerprint density at radius 1 is 1.00 bits per heavy atom. The van der Waals surface area contributed by atoms with Crippen molar-refractivity contribution in [2.75, 3.05) is 0 Å². The number of aryl methyl sites for hydroxylation is 1. The van der Waals surface area contributed by atoms with Gasteiger partial charge in [0.25, 0.3) is 0 Å². The summed E-state index contributed by atoms with van der Waals surface area (Å²) in [5.74, 6) is 0. The van der Waals surface area contributed by atoms with E-state index in [2.05, 4.69) is 61.4 Å². The van der Waals surface area contributed by atoms with Gasteiger partial charge in [-0.3, -0.25) is 0 Å². The Labute approximate surface area is 125 Å². The lowest BCUT2D eigenvalue weighted by Gasteiger charge is -2.37. The van der Waals surface area contributed by atoms with Gasteiger partial charge in [-0.2, -0.15) is 0 Å². The third-order valence-electron chi connectivity index (χ3n) is 4.77. The molecule has 0 bridgehead atoms. The van der Waals surface area contributed by atoms with Gasteiger partial charge in [0.05, 0.1) is 8.07 Å². The minimum atomic E-state index is -1.22. The molecular formula is C15H20S2Si2. The lowest BCUT2D eigenvalue weighted by molar-refractivity contribution is 0.931. The quantitative estimate of drug-likeness (QED) is 0.704. The highest BCUT2D eigenvalue weighted by molar-refractivity contribution is 7.35. The van der Waals surface area contributed by atoms with E-state index in [-0.39, 0.29) is 0 Å². The molecule has 2 aromatic rings. The zero-order valence-corrected chi connectivity index (χ0v) is 15.7. The van der Waals surface area contributed by atoms with Crippen molar-refractivity contribution in [3.8, 4) is 9.75 Å². The Morgan fingerprint density at radius 3 is 2.21 bits per heavy atom. The minimum absolute atomic E-state index is 1.15. The Kier molecular flexibility index (Phi) is 2.46. The van der Waals surface area contributed by atoms with Gasteiger partial charge in [0.15, 0.2) is 0 Å². The first kappa shape index (κ1) is 12.6. The van der Waals surface area contributed by atoms with E-state index in [9.17, 15) is 0 Å². The first-order valence-electron chi connectivity index (χ1n) is 7.18. The summed E-state index contributed by atoms with van der Waals surface area (Å²) in [6.45, 7) is 9.76. The van der Waals surface area contributed by atoms with Crippen LogP contribution >= 0.6 is 22.7 Å². The summed E-state index contributed by atoms with van der Waals surface area (Å²) in [7, 11) is -2.36. The molecule has 4 rings (SSSR count). The molecule has 4 heterocycles. The fraction of sp³-hybridized carbons (Fsp3) is 0.467. The number of thiophene rings is 2. The molecule has 2 aliphatic heterocycles. The van der Waals surface area contributed by atoms with Gasteiger partial charge >= 0.3 is 0 Å². The van der Waals surface area contributed by atoms with Crippen LogP contribution in [0, 0.1) is 6.92 Å². The average molecular weight is 321 g/mol. The maximum atomic E-state index is 2.65. The van der Waals surface area contributed by atoms with Crippen LogP contribution in [0.1, 0.15) is 11.3 Å². The van der Waals surface area contributed by atoms with Crippen LogP contribution in [0.3, 0.4) is 0 Å². The third-order valence-corrected chi connectivity index (χ3v) is 16.3. The Bertz CT molecular complexity index is 669. The van der Waals surface area contributed by atoms with Gasteiger partial charge in [0.2, 0.25) is 0 Å². The SMILES string of the molecule is Cc1cc2c(s1)-c1sc([Si](C)(C)C)cc1[Si]21CCC1. The predicted molar refractivity (Wildman–Crippen MR) is 94.6 cm³/mol. The van der Waals surface area contributed by atoms with Gasteiger partial charge in [0, 0.05) is 14.6 Å². The second kappa shape index (κ2) is 3.72. The molecule has 1 spiro atoms. The molecule has 0 nitrogen and oxygen atoms in total. The number of hydrogen-bond acceptors (Lipinski definition) is 2. The zero-order chi connectivity index (χ0) is 13.4. The van der Waals surface area contributed by atoms with E-state index in [1.807, 2.05) is 10.4 Å². The summed E-state index contributed by atoms with van der Waals surface area (Å²) < 4.78 is 1.73. The summed E-state index contributed by atoms with van der Waals surface area (Å²) in [6, 6.07) is 8.22. The van der Waals surface area contributed by atoms with E-state index in [4.69, 9.17) is 0 Å². The summed E-state index contributed by atoms with van der Waals surface area (Å²) in [4.78, 5) is 4.89. The Balaban J connectivity index is 1.97. The normalized spacial score (nSPS) is 19.4. The molecule has 0 radical (unpaired) electrons. The maximum Gasteiger partial charge on any atom is 0.122 e. The van der Waals surface area contributed by atoms with Gasteiger partial charge in [-0.1, -0.05) is 32.1 Å². The van der Waals surface area contributed by atoms with E-state index in [1.54, 1.807) is 14.3 Å². The topological polar surface area (TPSA) is 0 Å². The van der Waals surface area contributed by atoms with Crippen molar-refractivity contribution in [2.24, 2.45) is 0 Å². The highest BCUT2D eigenvalue weighted by Crippen LogP contribution is 2.45. The van der Waals surface area contributed by atoms with Crippen LogP contribution in [0.2, 0.25) is 31.7 Å². The highest BCUT2D eigenvalue weighted by atomic mass is 32.1. The van der Waals surface area contributed by atoms with Crippen LogP contribution in [-0.4, -0.2) is 16.1 Å². The average Bonchev–Trinajstić information content (AvgIpc) is 2.83. The van der Waals surface area contributed by atoms with Crippen molar-refractivity contribution in [1.82, 2.24) is 0 Å². The maximum absolute atomic E-state index is 2.65. The van der Waals surface area contributed by atoms with Gasteiger partial charge < -0.3 is 0 Å². The second-order valence-electron chi connectivity index (χ2n) is 7.14. The van der Waals surface area contributed by atoms with Crippen molar-refractivity contribution in [3.63, 3.8) is 0 Å². The minimum Gasteiger partial charge on any atom is -0.144 e. The first-order valence-corrected chi connectivity index (χ1v) is 14.7. The fourth-order valence-corrected chi connectivity index (χ4v) is 14.0. The number of fused-ring (bicyclic) bond motifs is 5. The first-order chi connectivity index (χ1) is 8.92. The second-order valence-corrected chi connectivity index (χ2v) is 19.1. The van der Waals surface area contributed by atoms with Crippen LogP contribution in [0.5, 0.6) is 0 Å². The molecule has 0 unspecified atom stereocenters. The largest absolute Gasteiger partial charge is 0.144 e. The van der Waals surface area contributed by atoms with Gasteiger partial charge in [-0.05, 0) is 40.0 Å². The smallest absolute Gasteiger partial charge is 0.122 e. The van der Waals surface area contributed by atoms with Crippen molar-refractivity contribution >= 4 is 53.7 Å². The predicted octanol–water partition coefficient (Wildman–Crippen LogP) is 3.61. The monoisotopic (exact) mass is 320 g/mol. The lowest BCUT2D eigenvalue weighted by Crippen LogP contribution is -2.60. The molecule has 2 aromatic heterocycles. The molecule has 4 heteroatoms. The van der Waals surface area contributed by atoms with Crippen molar-refractivity contribution in [1.29, 1.82) is 0 Å². The van der Waals surface area contributed by atoms with E-state index in [0.717, 1.165) is 0 Å². The zero-order valence-electron chi connectivity index (χ0n) is 12.1. The number of hydrogen-bond donors (Lipinski definition) is 0. The molecule has 0 aliphatic carbocycles. The Morgan fingerprint density at radius 2 is 1.63 bits per heavy atom. The summed E-state index contributed by atoms with van der Waals surface area (Å²) in [5, 5.41) is 3.65. The van der Waals surface area contributed by atoms with Crippen molar-refractivity contribution in [2.45, 2.75) is 45.1 Å². The van der Waals surface area contributed by atoms with Gasteiger partial charge in [-0.15, -0.1) is 22.7 Å². The van der Waals surface area contributed by atoms with E-state index >= 15 is 0 Å². The summed E-state index contributed by atoms with van der Waals surface area (Å²) in [6.07, 6.45) is 1.47. The van der Waals surface area contributed by atoms with Crippen LogP contribution in [0.15, 0.2) is 12.1 Å². The van der Waals surface area contributed by atoms with Crippen molar-refractivity contribution in [3.05, 3.63) is 17.0 Å².